The van der Waals surface area contributed by atoms with Crippen molar-refractivity contribution in [2.24, 2.45) is 11.1 Å². The van der Waals surface area contributed by atoms with Gasteiger partial charge in [0.1, 0.15) is 0 Å². The Morgan fingerprint density at radius 1 is 1.50 bits per heavy atom. The maximum Gasteiger partial charge on any atom is 0.236 e. The number of carbonyl (C=O) groups is 1. The van der Waals surface area contributed by atoms with E-state index in [1.54, 1.807) is 0 Å². The standard InChI is InChI=1S/C12H26N2O2/c1-4-6-10(13)11(16)14-8-5-7-12(2,3)9-15/h10,15H,4-9,13H2,1-3H3,(H,14,16). The van der Waals surface area contributed by atoms with Crippen LogP contribution in [0.2, 0.25) is 0 Å². The van der Waals surface area contributed by atoms with E-state index < -0.39 is 0 Å². The first-order chi connectivity index (χ1) is 7.43. The van der Waals surface area contributed by atoms with Crippen molar-refractivity contribution in [2.75, 3.05) is 13.2 Å². The van der Waals surface area contributed by atoms with E-state index in [9.17, 15) is 4.79 Å². The summed E-state index contributed by atoms with van der Waals surface area (Å²) in [6.07, 6.45) is 3.42. The third kappa shape index (κ3) is 6.80. The SMILES string of the molecule is CCCC(N)C(=O)NCCCC(C)(C)CO. The molecule has 0 heterocycles. The Labute approximate surface area is 98.6 Å². The molecule has 0 bridgehead atoms. The molecule has 1 atom stereocenters. The maximum atomic E-state index is 11.4. The third-order valence-corrected chi connectivity index (χ3v) is 2.69. The maximum absolute atomic E-state index is 11.4. The third-order valence-electron chi connectivity index (χ3n) is 2.69. The Bertz CT molecular complexity index is 205. The topological polar surface area (TPSA) is 75.4 Å². The van der Waals surface area contributed by atoms with E-state index in [4.69, 9.17) is 10.8 Å². The van der Waals surface area contributed by atoms with Gasteiger partial charge in [0.2, 0.25) is 5.91 Å². The highest BCUT2D eigenvalue weighted by Gasteiger charge is 2.16. The van der Waals surface area contributed by atoms with Crippen molar-refractivity contribution in [3.05, 3.63) is 0 Å². The summed E-state index contributed by atoms with van der Waals surface area (Å²) in [6, 6.07) is -0.379. The summed E-state index contributed by atoms with van der Waals surface area (Å²) < 4.78 is 0. The Kier molecular flexibility index (Phi) is 7.34. The zero-order valence-corrected chi connectivity index (χ0v) is 10.8. The molecular weight excluding hydrogens is 204 g/mol. The van der Waals surface area contributed by atoms with Crippen LogP contribution in [0, 0.1) is 5.41 Å². The second-order valence-corrected chi connectivity index (χ2v) is 5.11. The van der Waals surface area contributed by atoms with Crippen LogP contribution in [-0.2, 0) is 4.79 Å². The van der Waals surface area contributed by atoms with Gasteiger partial charge in [0, 0.05) is 13.2 Å². The largest absolute Gasteiger partial charge is 0.396 e. The summed E-state index contributed by atoms with van der Waals surface area (Å²) in [5.41, 5.74) is 5.61. The molecule has 4 N–H and O–H groups in total. The second-order valence-electron chi connectivity index (χ2n) is 5.11. The monoisotopic (exact) mass is 230 g/mol. The average molecular weight is 230 g/mol. The van der Waals surface area contributed by atoms with E-state index in [-0.39, 0.29) is 24.0 Å². The molecule has 0 saturated carbocycles. The van der Waals surface area contributed by atoms with Gasteiger partial charge in [-0.05, 0) is 24.7 Å². The van der Waals surface area contributed by atoms with Gasteiger partial charge < -0.3 is 16.2 Å². The Morgan fingerprint density at radius 3 is 2.62 bits per heavy atom. The molecule has 0 rings (SSSR count). The molecule has 0 aromatic carbocycles. The summed E-state index contributed by atoms with van der Waals surface area (Å²) in [4.78, 5) is 11.4. The summed E-state index contributed by atoms with van der Waals surface area (Å²) in [7, 11) is 0. The fraction of sp³-hybridized carbons (Fsp3) is 0.917. The fourth-order valence-corrected chi connectivity index (χ4v) is 1.43. The lowest BCUT2D eigenvalue weighted by Crippen LogP contribution is -2.41. The highest BCUT2D eigenvalue weighted by atomic mass is 16.3. The average Bonchev–Trinajstić information content (AvgIpc) is 2.24. The van der Waals surface area contributed by atoms with Crippen molar-refractivity contribution < 1.29 is 9.90 Å². The van der Waals surface area contributed by atoms with Crippen LogP contribution in [-0.4, -0.2) is 30.2 Å². The lowest BCUT2D eigenvalue weighted by molar-refractivity contribution is -0.122. The molecule has 0 spiro atoms. The van der Waals surface area contributed by atoms with Crippen LogP contribution >= 0.6 is 0 Å². The minimum atomic E-state index is -0.379. The van der Waals surface area contributed by atoms with E-state index in [0.717, 1.165) is 25.7 Å². The summed E-state index contributed by atoms with van der Waals surface area (Å²) in [6.45, 7) is 6.85. The first-order valence-corrected chi connectivity index (χ1v) is 6.07. The van der Waals surface area contributed by atoms with Crippen molar-refractivity contribution in [1.82, 2.24) is 5.32 Å². The minimum absolute atomic E-state index is 0.0593. The van der Waals surface area contributed by atoms with Crippen LogP contribution in [0.25, 0.3) is 0 Å². The highest BCUT2D eigenvalue weighted by Crippen LogP contribution is 2.20. The number of aliphatic hydroxyl groups is 1. The quantitative estimate of drug-likeness (QED) is 0.545. The first-order valence-electron chi connectivity index (χ1n) is 6.07. The van der Waals surface area contributed by atoms with Crippen LogP contribution in [0.4, 0.5) is 0 Å². The lowest BCUT2D eigenvalue weighted by atomic mass is 9.89. The number of hydrogen-bond donors (Lipinski definition) is 3. The molecule has 0 aliphatic carbocycles. The van der Waals surface area contributed by atoms with Crippen molar-refractivity contribution >= 4 is 5.91 Å². The Hall–Kier alpha value is -0.610. The van der Waals surface area contributed by atoms with E-state index in [0.29, 0.717) is 6.54 Å². The van der Waals surface area contributed by atoms with Crippen LogP contribution in [0.1, 0.15) is 46.5 Å². The number of amides is 1. The van der Waals surface area contributed by atoms with Gasteiger partial charge in [0.25, 0.3) is 0 Å². The van der Waals surface area contributed by atoms with Crippen molar-refractivity contribution in [2.45, 2.75) is 52.5 Å². The second kappa shape index (κ2) is 7.63. The lowest BCUT2D eigenvalue weighted by Gasteiger charge is -2.21. The Balaban J connectivity index is 3.63. The van der Waals surface area contributed by atoms with Gasteiger partial charge in [-0.1, -0.05) is 27.2 Å². The van der Waals surface area contributed by atoms with Crippen molar-refractivity contribution in [1.29, 1.82) is 0 Å². The number of aliphatic hydroxyl groups excluding tert-OH is 1. The molecule has 1 amide bonds. The molecule has 0 saturated heterocycles. The molecule has 96 valence electrons. The van der Waals surface area contributed by atoms with E-state index in [2.05, 4.69) is 5.32 Å². The predicted octanol–water partition coefficient (Wildman–Crippen LogP) is 1.03. The van der Waals surface area contributed by atoms with Gasteiger partial charge >= 0.3 is 0 Å². The summed E-state index contributed by atoms with van der Waals surface area (Å²) in [5.74, 6) is -0.0661. The van der Waals surface area contributed by atoms with Crippen LogP contribution in [0.3, 0.4) is 0 Å². The normalized spacial score (nSPS) is 13.6. The number of nitrogens with one attached hydrogen (secondary N) is 1. The predicted molar refractivity (Wildman–Crippen MR) is 66.0 cm³/mol. The van der Waals surface area contributed by atoms with Crippen LogP contribution in [0.5, 0.6) is 0 Å². The fourth-order valence-electron chi connectivity index (χ4n) is 1.43. The van der Waals surface area contributed by atoms with Crippen LogP contribution < -0.4 is 11.1 Å². The molecule has 0 aliphatic heterocycles. The van der Waals surface area contributed by atoms with E-state index >= 15 is 0 Å². The zero-order chi connectivity index (χ0) is 12.6. The first kappa shape index (κ1) is 15.4. The highest BCUT2D eigenvalue weighted by molar-refractivity contribution is 5.81. The number of rotatable bonds is 8. The summed E-state index contributed by atoms with van der Waals surface area (Å²) in [5, 5.41) is 11.9. The zero-order valence-electron chi connectivity index (χ0n) is 10.8. The molecule has 1 unspecified atom stereocenters. The molecular formula is C12H26N2O2. The number of hydrogen-bond acceptors (Lipinski definition) is 3. The molecule has 0 aliphatic rings. The molecule has 0 aromatic heterocycles. The van der Waals surface area contributed by atoms with Gasteiger partial charge in [-0.2, -0.15) is 0 Å². The molecule has 0 aromatic rings. The number of carbonyl (C=O) groups excluding carboxylic acids is 1. The van der Waals surface area contributed by atoms with Crippen molar-refractivity contribution in [3.63, 3.8) is 0 Å². The molecule has 0 radical (unpaired) electrons. The van der Waals surface area contributed by atoms with Gasteiger partial charge in [-0.25, -0.2) is 0 Å². The van der Waals surface area contributed by atoms with Crippen molar-refractivity contribution in [3.8, 4) is 0 Å². The Morgan fingerprint density at radius 2 is 2.12 bits per heavy atom. The molecule has 0 fully saturated rings. The number of nitrogens with two attached hydrogens (primary N) is 1. The van der Waals surface area contributed by atoms with Gasteiger partial charge in [-0.15, -0.1) is 0 Å². The van der Waals surface area contributed by atoms with Gasteiger partial charge in [0.15, 0.2) is 0 Å². The van der Waals surface area contributed by atoms with E-state index in [1.807, 2.05) is 20.8 Å². The smallest absolute Gasteiger partial charge is 0.236 e. The molecule has 16 heavy (non-hydrogen) atoms. The van der Waals surface area contributed by atoms with E-state index in [1.165, 1.54) is 0 Å². The molecule has 4 heteroatoms. The van der Waals surface area contributed by atoms with Gasteiger partial charge in [-0.3, -0.25) is 4.79 Å². The minimum Gasteiger partial charge on any atom is -0.396 e. The van der Waals surface area contributed by atoms with Gasteiger partial charge in [0.05, 0.1) is 6.04 Å². The van der Waals surface area contributed by atoms with Crippen LogP contribution in [0.15, 0.2) is 0 Å². The summed E-state index contributed by atoms with van der Waals surface area (Å²) >= 11 is 0. The molecule has 4 nitrogen and oxygen atoms in total.